The van der Waals surface area contributed by atoms with E-state index in [0.29, 0.717) is 11.6 Å². The fourth-order valence-electron chi connectivity index (χ4n) is 2.70. The molecule has 0 spiro atoms. The highest BCUT2D eigenvalue weighted by Gasteiger charge is 2.24. The summed E-state index contributed by atoms with van der Waals surface area (Å²) in [5, 5.41) is 4.86. The van der Waals surface area contributed by atoms with Crippen LogP contribution in [-0.4, -0.2) is 53.4 Å². The first-order valence-corrected chi connectivity index (χ1v) is 9.40. The summed E-state index contributed by atoms with van der Waals surface area (Å²) in [7, 11) is 0. The number of piperazine rings is 1. The van der Waals surface area contributed by atoms with Crippen LogP contribution in [0.2, 0.25) is 0 Å². The standard InChI is InChI=1S/C16H21N3OS2/c1-12(2)10-18-5-7-19(8-6-18)16(20)13-11-22-15(17-13)14-4-3-9-21-14/h3-4,9,11-12H,5-8,10H2,1-2H3. The Bertz CT molecular complexity index is 613. The molecule has 1 aliphatic rings. The zero-order valence-electron chi connectivity index (χ0n) is 13.0. The molecule has 4 nitrogen and oxygen atoms in total. The lowest BCUT2D eigenvalue weighted by molar-refractivity contribution is 0.0619. The summed E-state index contributed by atoms with van der Waals surface area (Å²) >= 11 is 3.21. The Morgan fingerprint density at radius 1 is 1.27 bits per heavy atom. The molecule has 2 aromatic rings. The fraction of sp³-hybridized carbons (Fsp3) is 0.500. The minimum atomic E-state index is 0.0725. The van der Waals surface area contributed by atoms with Crippen molar-refractivity contribution in [2.45, 2.75) is 13.8 Å². The Morgan fingerprint density at radius 2 is 2.05 bits per heavy atom. The molecule has 0 aliphatic carbocycles. The summed E-state index contributed by atoms with van der Waals surface area (Å²) in [5.74, 6) is 0.748. The molecule has 22 heavy (non-hydrogen) atoms. The Kier molecular flexibility index (Phi) is 4.90. The van der Waals surface area contributed by atoms with Crippen molar-refractivity contribution in [1.82, 2.24) is 14.8 Å². The van der Waals surface area contributed by atoms with E-state index in [1.165, 1.54) is 0 Å². The molecule has 3 rings (SSSR count). The fourth-order valence-corrected chi connectivity index (χ4v) is 4.31. The van der Waals surface area contributed by atoms with E-state index in [2.05, 4.69) is 23.7 Å². The molecule has 2 aromatic heterocycles. The summed E-state index contributed by atoms with van der Waals surface area (Å²) in [6.45, 7) is 9.12. The number of aromatic nitrogens is 1. The van der Waals surface area contributed by atoms with Gasteiger partial charge >= 0.3 is 0 Å². The maximum Gasteiger partial charge on any atom is 0.273 e. The number of amides is 1. The maximum absolute atomic E-state index is 12.6. The van der Waals surface area contributed by atoms with Crippen LogP contribution in [-0.2, 0) is 0 Å². The highest BCUT2D eigenvalue weighted by molar-refractivity contribution is 7.20. The van der Waals surface area contributed by atoms with Crippen molar-refractivity contribution in [2.75, 3.05) is 32.7 Å². The first-order chi connectivity index (χ1) is 10.6. The van der Waals surface area contributed by atoms with E-state index in [1.54, 1.807) is 22.7 Å². The Hall–Kier alpha value is -1.24. The molecule has 6 heteroatoms. The summed E-state index contributed by atoms with van der Waals surface area (Å²) in [4.78, 5) is 22.6. The topological polar surface area (TPSA) is 36.4 Å². The van der Waals surface area contributed by atoms with Crippen LogP contribution in [0.4, 0.5) is 0 Å². The lowest BCUT2D eigenvalue weighted by Crippen LogP contribution is -2.49. The molecule has 0 N–H and O–H groups in total. The molecule has 1 saturated heterocycles. The van der Waals surface area contributed by atoms with E-state index in [-0.39, 0.29) is 5.91 Å². The number of thiophene rings is 1. The van der Waals surface area contributed by atoms with Gasteiger partial charge in [-0.2, -0.15) is 0 Å². The molecule has 1 amide bonds. The van der Waals surface area contributed by atoms with Crippen LogP contribution in [0.25, 0.3) is 9.88 Å². The predicted octanol–water partition coefficient (Wildman–Crippen LogP) is 3.29. The van der Waals surface area contributed by atoms with Gasteiger partial charge in [0.25, 0.3) is 5.91 Å². The molecule has 0 bridgehead atoms. The SMILES string of the molecule is CC(C)CN1CCN(C(=O)c2csc(-c3cccs3)n2)CC1. The summed E-state index contributed by atoms with van der Waals surface area (Å²) in [6, 6.07) is 4.05. The summed E-state index contributed by atoms with van der Waals surface area (Å²) in [6.07, 6.45) is 0. The third kappa shape index (κ3) is 3.56. The zero-order chi connectivity index (χ0) is 15.5. The van der Waals surface area contributed by atoms with E-state index in [9.17, 15) is 4.79 Å². The van der Waals surface area contributed by atoms with Crippen molar-refractivity contribution in [2.24, 2.45) is 5.92 Å². The molecule has 0 atom stereocenters. The minimum absolute atomic E-state index is 0.0725. The number of hydrogen-bond acceptors (Lipinski definition) is 5. The number of thiazole rings is 1. The number of rotatable bonds is 4. The van der Waals surface area contributed by atoms with Crippen LogP contribution in [0.5, 0.6) is 0 Å². The van der Waals surface area contributed by atoms with Crippen LogP contribution in [0, 0.1) is 5.92 Å². The molecule has 1 aliphatic heterocycles. The second kappa shape index (κ2) is 6.89. The van der Waals surface area contributed by atoms with Gasteiger partial charge in [-0.3, -0.25) is 9.69 Å². The molecule has 0 aromatic carbocycles. The average Bonchev–Trinajstić information content (AvgIpc) is 3.18. The lowest BCUT2D eigenvalue weighted by Gasteiger charge is -2.35. The first kappa shape index (κ1) is 15.6. The van der Waals surface area contributed by atoms with Gasteiger partial charge in [0, 0.05) is 38.1 Å². The second-order valence-electron chi connectivity index (χ2n) is 6.00. The number of carbonyl (C=O) groups excluding carboxylic acids is 1. The van der Waals surface area contributed by atoms with Crippen molar-refractivity contribution < 1.29 is 4.79 Å². The molecular formula is C16H21N3OS2. The molecule has 1 fully saturated rings. The first-order valence-electron chi connectivity index (χ1n) is 7.64. The van der Waals surface area contributed by atoms with Crippen LogP contribution in [0.1, 0.15) is 24.3 Å². The third-order valence-electron chi connectivity index (χ3n) is 3.74. The monoisotopic (exact) mass is 335 g/mol. The molecular weight excluding hydrogens is 314 g/mol. The average molecular weight is 335 g/mol. The van der Waals surface area contributed by atoms with E-state index in [1.807, 2.05) is 27.8 Å². The molecule has 3 heterocycles. The zero-order valence-corrected chi connectivity index (χ0v) is 14.6. The van der Waals surface area contributed by atoms with Gasteiger partial charge in [-0.15, -0.1) is 22.7 Å². The van der Waals surface area contributed by atoms with Crippen LogP contribution in [0.15, 0.2) is 22.9 Å². The quantitative estimate of drug-likeness (QED) is 0.860. The van der Waals surface area contributed by atoms with Gasteiger partial charge in [-0.05, 0) is 17.4 Å². The van der Waals surface area contributed by atoms with Gasteiger partial charge in [0.1, 0.15) is 10.7 Å². The third-order valence-corrected chi connectivity index (χ3v) is 5.62. The van der Waals surface area contributed by atoms with Gasteiger partial charge < -0.3 is 4.90 Å². The smallest absolute Gasteiger partial charge is 0.273 e. The van der Waals surface area contributed by atoms with E-state index < -0.39 is 0 Å². The van der Waals surface area contributed by atoms with Gasteiger partial charge in [0.05, 0.1) is 4.88 Å². The van der Waals surface area contributed by atoms with E-state index in [4.69, 9.17) is 0 Å². The molecule has 118 valence electrons. The van der Waals surface area contributed by atoms with E-state index >= 15 is 0 Å². The van der Waals surface area contributed by atoms with Gasteiger partial charge in [0.2, 0.25) is 0 Å². The summed E-state index contributed by atoms with van der Waals surface area (Å²) in [5.41, 5.74) is 0.589. The Morgan fingerprint density at radius 3 is 2.68 bits per heavy atom. The van der Waals surface area contributed by atoms with Crippen molar-refractivity contribution in [3.63, 3.8) is 0 Å². The summed E-state index contributed by atoms with van der Waals surface area (Å²) < 4.78 is 0. The van der Waals surface area contributed by atoms with Crippen LogP contribution >= 0.6 is 22.7 Å². The highest BCUT2D eigenvalue weighted by atomic mass is 32.1. The maximum atomic E-state index is 12.6. The Labute approximate surface area is 139 Å². The molecule has 0 radical (unpaired) electrons. The van der Waals surface area contributed by atoms with E-state index in [0.717, 1.165) is 42.6 Å². The lowest BCUT2D eigenvalue weighted by atomic mass is 10.2. The van der Waals surface area contributed by atoms with Crippen molar-refractivity contribution in [3.05, 3.63) is 28.6 Å². The van der Waals surface area contributed by atoms with Crippen molar-refractivity contribution in [3.8, 4) is 9.88 Å². The van der Waals surface area contributed by atoms with Crippen LogP contribution in [0.3, 0.4) is 0 Å². The van der Waals surface area contributed by atoms with Gasteiger partial charge in [-0.25, -0.2) is 4.98 Å². The molecule has 0 saturated carbocycles. The van der Waals surface area contributed by atoms with Gasteiger partial charge in [-0.1, -0.05) is 19.9 Å². The largest absolute Gasteiger partial charge is 0.335 e. The van der Waals surface area contributed by atoms with Crippen molar-refractivity contribution >= 4 is 28.6 Å². The highest BCUT2D eigenvalue weighted by Crippen LogP contribution is 2.28. The normalized spacial score (nSPS) is 16.4. The van der Waals surface area contributed by atoms with Crippen LogP contribution < -0.4 is 0 Å². The number of hydrogen-bond donors (Lipinski definition) is 0. The Balaban J connectivity index is 1.61. The number of nitrogens with zero attached hydrogens (tertiary/aromatic N) is 3. The molecule has 0 unspecified atom stereocenters. The minimum Gasteiger partial charge on any atom is -0.335 e. The predicted molar refractivity (Wildman–Crippen MR) is 92.6 cm³/mol. The number of carbonyl (C=O) groups is 1. The van der Waals surface area contributed by atoms with Crippen molar-refractivity contribution in [1.29, 1.82) is 0 Å². The second-order valence-corrected chi connectivity index (χ2v) is 7.81. The van der Waals surface area contributed by atoms with Gasteiger partial charge in [0.15, 0.2) is 0 Å².